The molecule has 1 aromatic heterocycles. The Hall–Kier alpha value is -3.78. The Bertz CT molecular complexity index is 1520. The minimum absolute atomic E-state index is 0.0000367. The van der Waals surface area contributed by atoms with Crippen LogP contribution >= 0.6 is 15.9 Å². The highest BCUT2D eigenvalue weighted by Gasteiger charge is 2.46. The quantitative estimate of drug-likeness (QED) is 0.307. The topological polar surface area (TPSA) is 70.7 Å². The highest BCUT2D eigenvalue weighted by atomic mass is 79.9. The summed E-state index contributed by atoms with van der Waals surface area (Å²) in [7, 11) is 0. The molecular formula is C26H16BrF2NO4. The molecule has 5 nitrogen and oxygen atoms in total. The normalized spacial score (nSPS) is 16.1. The summed E-state index contributed by atoms with van der Waals surface area (Å²) in [5, 5.41) is 11.5. The van der Waals surface area contributed by atoms with E-state index < -0.39 is 35.1 Å². The standard InChI is InChI=1S/C26H16BrF2NO4/c1-13-4-2-3-5-17(13)23-22(24(31)21-11-14-10-15(27)6-9-20(14)34-21)25(32)26(33)30(23)16-7-8-18(28)19(29)12-16/h2-12,23,32H,1H3. The first kappa shape index (κ1) is 22.0. The average molecular weight is 524 g/mol. The van der Waals surface area contributed by atoms with Crippen molar-refractivity contribution in [2.75, 3.05) is 4.90 Å². The average Bonchev–Trinajstić information content (AvgIpc) is 3.34. The summed E-state index contributed by atoms with van der Waals surface area (Å²) in [6, 6.07) is 15.7. The van der Waals surface area contributed by atoms with Crippen molar-refractivity contribution < 1.29 is 27.9 Å². The second kappa shape index (κ2) is 8.22. The number of Topliss-reactive ketones (excluding diaryl/α,β-unsaturated/α-hetero) is 1. The van der Waals surface area contributed by atoms with Gasteiger partial charge in [0.15, 0.2) is 23.2 Å². The third-order valence-corrected chi connectivity index (χ3v) is 6.31. The third kappa shape index (κ3) is 3.51. The van der Waals surface area contributed by atoms with Crippen LogP contribution in [-0.4, -0.2) is 16.8 Å². The van der Waals surface area contributed by atoms with Crippen LogP contribution in [0.25, 0.3) is 11.0 Å². The number of nitrogens with zero attached hydrogens (tertiary/aromatic N) is 1. The number of hydrogen-bond acceptors (Lipinski definition) is 4. The summed E-state index contributed by atoms with van der Waals surface area (Å²) < 4.78 is 34.2. The van der Waals surface area contributed by atoms with Gasteiger partial charge in [-0.3, -0.25) is 14.5 Å². The van der Waals surface area contributed by atoms with E-state index in [0.717, 1.165) is 27.1 Å². The van der Waals surface area contributed by atoms with E-state index in [1.165, 1.54) is 12.1 Å². The van der Waals surface area contributed by atoms with Crippen LogP contribution < -0.4 is 4.90 Å². The first-order valence-corrected chi connectivity index (χ1v) is 11.1. The van der Waals surface area contributed by atoms with Gasteiger partial charge in [0.1, 0.15) is 5.58 Å². The lowest BCUT2D eigenvalue weighted by atomic mass is 9.92. The molecule has 0 spiro atoms. The lowest BCUT2D eigenvalue weighted by Crippen LogP contribution is -2.31. The molecule has 1 N–H and O–H groups in total. The van der Waals surface area contributed by atoms with Crippen LogP contribution in [0.3, 0.4) is 0 Å². The summed E-state index contributed by atoms with van der Waals surface area (Å²) in [6.45, 7) is 1.79. The molecule has 1 unspecified atom stereocenters. The van der Waals surface area contributed by atoms with E-state index >= 15 is 0 Å². The number of rotatable bonds is 4. The number of hydrogen-bond donors (Lipinski definition) is 1. The number of carbonyl (C=O) groups excluding carboxylic acids is 2. The number of fused-ring (bicyclic) bond motifs is 1. The summed E-state index contributed by atoms with van der Waals surface area (Å²) in [5.41, 5.74) is 1.54. The Labute approximate surface area is 201 Å². The minimum Gasteiger partial charge on any atom is -0.503 e. The molecule has 0 saturated heterocycles. The number of anilines is 1. The van der Waals surface area contributed by atoms with Gasteiger partial charge in [-0.15, -0.1) is 0 Å². The molecule has 34 heavy (non-hydrogen) atoms. The number of ketones is 1. The third-order valence-electron chi connectivity index (χ3n) is 5.82. The van der Waals surface area contributed by atoms with Crippen LogP contribution in [0, 0.1) is 18.6 Å². The van der Waals surface area contributed by atoms with Crippen molar-refractivity contribution >= 4 is 44.3 Å². The number of aliphatic hydroxyl groups excluding tert-OH is 1. The van der Waals surface area contributed by atoms with E-state index in [1.807, 2.05) is 0 Å². The van der Waals surface area contributed by atoms with Crippen molar-refractivity contribution in [3.8, 4) is 0 Å². The number of benzene rings is 3. The fourth-order valence-electron chi connectivity index (χ4n) is 4.19. The molecule has 1 aliphatic heterocycles. The van der Waals surface area contributed by atoms with E-state index in [9.17, 15) is 23.5 Å². The van der Waals surface area contributed by atoms with Gasteiger partial charge in [0.05, 0.1) is 11.6 Å². The molecule has 3 aromatic carbocycles. The Kier molecular flexibility index (Phi) is 5.32. The van der Waals surface area contributed by atoms with Crippen LogP contribution in [0.5, 0.6) is 0 Å². The van der Waals surface area contributed by atoms with Crippen molar-refractivity contribution in [2.24, 2.45) is 0 Å². The lowest BCUT2D eigenvalue weighted by molar-refractivity contribution is -0.117. The maximum absolute atomic E-state index is 14.1. The van der Waals surface area contributed by atoms with Crippen LogP contribution in [0.2, 0.25) is 0 Å². The molecule has 1 atom stereocenters. The Balaban J connectivity index is 1.68. The molecule has 170 valence electrons. The smallest absolute Gasteiger partial charge is 0.294 e. The molecule has 1 amide bonds. The lowest BCUT2D eigenvalue weighted by Gasteiger charge is -2.28. The molecule has 0 bridgehead atoms. The molecule has 8 heteroatoms. The van der Waals surface area contributed by atoms with Gasteiger partial charge in [0.2, 0.25) is 5.78 Å². The fourth-order valence-corrected chi connectivity index (χ4v) is 4.56. The number of halogens is 3. The van der Waals surface area contributed by atoms with Gasteiger partial charge in [-0.1, -0.05) is 40.2 Å². The molecule has 2 heterocycles. The number of amides is 1. The molecular weight excluding hydrogens is 508 g/mol. The summed E-state index contributed by atoms with van der Waals surface area (Å²) in [6.07, 6.45) is 0. The highest BCUT2D eigenvalue weighted by Crippen LogP contribution is 2.43. The van der Waals surface area contributed by atoms with Gasteiger partial charge < -0.3 is 9.52 Å². The van der Waals surface area contributed by atoms with E-state index in [2.05, 4.69) is 15.9 Å². The van der Waals surface area contributed by atoms with E-state index in [0.29, 0.717) is 16.5 Å². The van der Waals surface area contributed by atoms with Gasteiger partial charge in [0, 0.05) is 21.6 Å². The molecule has 0 aliphatic carbocycles. The molecule has 4 aromatic rings. The predicted octanol–water partition coefficient (Wildman–Crippen LogP) is 6.56. The second-order valence-electron chi connectivity index (χ2n) is 7.92. The van der Waals surface area contributed by atoms with Crippen LogP contribution in [0.4, 0.5) is 14.5 Å². The van der Waals surface area contributed by atoms with Crippen molar-refractivity contribution in [3.63, 3.8) is 0 Å². The Morgan fingerprint density at radius 3 is 2.53 bits per heavy atom. The fraction of sp³-hybridized carbons (Fsp3) is 0.0769. The zero-order chi connectivity index (χ0) is 24.1. The summed E-state index contributed by atoms with van der Waals surface area (Å²) in [5.74, 6) is -4.66. The van der Waals surface area contributed by atoms with Crippen molar-refractivity contribution in [3.05, 3.63) is 111 Å². The van der Waals surface area contributed by atoms with Crippen LogP contribution in [0.1, 0.15) is 27.7 Å². The minimum atomic E-state index is -1.16. The second-order valence-corrected chi connectivity index (χ2v) is 8.83. The van der Waals surface area contributed by atoms with E-state index in [1.54, 1.807) is 49.4 Å². The van der Waals surface area contributed by atoms with E-state index in [4.69, 9.17) is 4.42 Å². The first-order chi connectivity index (χ1) is 16.3. The number of furan rings is 1. The van der Waals surface area contributed by atoms with Gasteiger partial charge in [-0.2, -0.15) is 0 Å². The predicted molar refractivity (Wildman–Crippen MR) is 126 cm³/mol. The van der Waals surface area contributed by atoms with Crippen molar-refractivity contribution in [1.29, 1.82) is 0 Å². The van der Waals surface area contributed by atoms with Gasteiger partial charge in [-0.05, 0) is 54.4 Å². The van der Waals surface area contributed by atoms with Crippen LogP contribution in [-0.2, 0) is 4.79 Å². The molecule has 5 rings (SSSR count). The maximum atomic E-state index is 14.1. The molecule has 0 fully saturated rings. The first-order valence-electron chi connectivity index (χ1n) is 10.3. The van der Waals surface area contributed by atoms with Crippen LogP contribution in [0.15, 0.2) is 87.0 Å². The zero-order valence-electron chi connectivity index (χ0n) is 17.7. The van der Waals surface area contributed by atoms with Crippen molar-refractivity contribution in [2.45, 2.75) is 13.0 Å². The summed E-state index contributed by atoms with van der Waals surface area (Å²) >= 11 is 3.37. The Morgan fingerprint density at radius 2 is 1.79 bits per heavy atom. The maximum Gasteiger partial charge on any atom is 0.294 e. The number of aryl methyl sites for hydroxylation is 1. The van der Waals surface area contributed by atoms with Gasteiger partial charge in [-0.25, -0.2) is 8.78 Å². The van der Waals surface area contributed by atoms with Gasteiger partial charge in [0.25, 0.3) is 5.91 Å². The highest BCUT2D eigenvalue weighted by molar-refractivity contribution is 9.10. The SMILES string of the molecule is Cc1ccccc1C1C(C(=O)c2cc3cc(Br)ccc3o2)=C(O)C(=O)N1c1ccc(F)c(F)c1. The molecule has 0 radical (unpaired) electrons. The van der Waals surface area contributed by atoms with E-state index in [-0.39, 0.29) is 17.0 Å². The summed E-state index contributed by atoms with van der Waals surface area (Å²) in [4.78, 5) is 27.9. The Morgan fingerprint density at radius 1 is 1.03 bits per heavy atom. The zero-order valence-corrected chi connectivity index (χ0v) is 19.3. The monoisotopic (exact) mass is 523 g/mol. The molecule has 0 saturated carbocycles. The number of carbonyl (C=O) groups is 2. The largest absolute Gasteiger partial charge is 0.503 e. The van der Waals surface area contributed by atoms with Gasteiger partial charge >= 0.3 is 0 Å². The van der Waals surface area contributed by atoms with Crippen molar-refractivity contribution in [1.82, 2.24) is 0 Å². The molecule has 1 aliphatic rings. The number of aliphatic hydroxyl groups is 1.